The summed E-state index contributed by atoms with van der Waals surface area (Å²) in [5.41, 5.74) is 1.45. The molecule has 92 valence electrons. The molecule has 0 aliphatic carbocycles. The largest absolute Gasteiger partial charge is 0.0610 e. The molecule has 0 saturated heterocycles. The Balaban J connectivity index is 2.35. The SMILES string of the molecule is CC(C)c1ccc2ccc3cccc4ccc1c2c34. The standard InChI is InChI=1S/C19H16/c1-12(2)16-10-8-15-7-6-13-4-3-5-14-9-11-17(16)19(15)18(13)14/h3-12H,1-2H3. The summed E-state index contributed by atoms with van der Waals surface area (Å²) in [6.07, 6.45) is 0. The molecule has 0 radical (unpaired) electrons. The van der Waals surface area contributed by atoms with Crippen LogP contribution in [0.25, 0.3) is 32.3 Å². The molecule has 4 aromatic carbocycles. The third kappa shape index (κ3) is 1.40. The molecule has 0 spiro atoms. The second-order valence-electron chi connectivity index (χ2n) is 5.67. The monoisotopic (exact) mass is 244 g/mol. The minimum absolute atomic E-state index is 0.560. The minimum atomic E-state index is 0.560. The van der Waals surface area contributed by atoms with Gasteiger partial charge in [0.05, 0.1) is 0 Å². The fraction of sp³-hybridized carbons (Fsp3) is 0.158. The lowest BCUT2D eigenvalue weighted by Crippen LogP contribution is -1.91. The molecule has 0 atom stereocenters. The Labute approximate surface area is 113 Å². The van der Waals surface area contributed by atoms with Crippen molar-refractivity contribution in [2.24, 2.45) is 0 Å². The summed E-state index contributed by atoms with van der Waals surface area (Å²) in [6.45, 7) is 4.54. The van der Waals surface area contributed by atoms with Gasteiger partial charge in [0.1, 0.15) is 0 Å². The molecule has 0 aromatic heterocycles. The first-order chi connectivity index (χ1) is 9.25. The number of rotatable bonds is 1. The van der Waals surface area contributed by atoms with Gasteiger partial charge in [-0.1, -0.05) is 68.4 Å². The summed E-state index contributed by atoms with van der Waals surface area (Å²) >= 11 is 0. The Morgan fingerprint density at radius 2 is 1.21 bits per heavy atom. The quantitative estimate of drug-likeness (QED) is 0.376. The van der Waals surface area contributed by atoms with Gasteiger partial charge in [-0.25, -0.2) is 0 Å². The van der Waals surface area contributed by atoms with Gasteiger partial charge in [-0.3, -0.25) is 0 Å². The Kier molecular flexibility index (Phi) is 2.11. The number of benzene rings is 4. The summed E-state index contributed by atoms with van der Waals surface area (Å²) in [5.74, 6) is 0.560. The summed E-state index contributed by atoms with van der Waals surface area (Å²) < 4.78 is 0. The summed E-state index contributed by atoms with van der Waals surface area (Å²) in [7, 11) is 0. The number of hydrogen-bond donors (Lipinski definition) is 0. The van der Waals surface area contributed by atoms with E-state index in [1.165, 1.54) is 37.9 Å². The zero-order chi connectivity index (χ0) is 13.0. The van der Waals surface area contributed by atoms with Gasteiger partial charge >= 0.3 is 0 Å². The van der Waals surface area contributed by atoms with Crippen molar-refractivity contribution in [3.05, 3.63) is 60.2 Å². The second-order valence-corrected chi connectivity index (χ2v) is 5.67. The van der Waals surface area contributed by atoms with Crippen molar-refractivity contribution in [3.63, 3.8) is 0 Å². The van der Waals surface area contributed by atoms with Gasteiger partial charge in [0.25, 0.3) is 0 Å². The van der Waals surface area contributed by atoms with E-state index in [0.717, 1.165) is 0 Å². The summed E-state index contributed by atoms with van der Waals surface area (Å²) in [4.78, 5) is 0. The van der Waals surface area contributed by atoms with Gasteiger partial charge in [-0.05, 0) is 43.8 Å². The third-order valence-corrected chi connectivity index (χ3v) is 4.18. The molecule has 4 rings (SSSR count). The first-order valence-corrected chi connectivity index (χ1v) is 6.92. The van der Waals surface area contributed by atoms with Crippen LogP contribution < -0.4 is 0 Å². The van der Waals surface area contributed by atoms with Gasteiger partial charge in [0.2, 0.25) is 0 Å². The summed E-state index contributed by atoms with van der Waals surface area (Å²) in [6, 6.07) is 20.1. The molecule has 0 aliphatic rings. The van der Waals surface area contributed by atoms with E-state index >= 15 is 0 Å². The Morgan fingerprint density at radius 1 is 0.632 bits per heavy atom. The fourth-order valence-corrected chi connectivity index (χ4v) is 3.26. The smallest absolute Gasteiger partial charge is 0.00239 e. The first kappa shape index (κ1) is 10.8. The second kappa shape index (κ2) is 3.71. The van der Waals surface area contributed by atoms with Crippen LogP contribution in [0.1, 0.15) is 25.3 Å². The van der Waals surface area contributed by atoms with E-state index in [1.54, 1.807) is 0 Å². The minimum Gasteiger partial charge on any atom is -0.0610 e. The molecule has 4 aromatic rings. The highest BCUT2D eigenvalue weighted by Crippen LogP contribution is 2.37. The van der Waals surface area contributed by atoms with Crippen LogP contribution in [0.4, 0.5) is 0 Å². The topological polar surface area (TPSA) is 0 Å². The molecule has 0 nitrogen and oxygen atoms in total. The third-order valence-electron chi connectivity index (χ3n) is 4.18. The van der Waals surface area contributed by atoms with E-state index in [2.05, 4.69) is 68.4 Å². The molecule has 0 aliphatic heterocycles. The molecule has 0 N–H and O–H groups in total. The van der Waals surface area contributed by atoms with Crippen molar-refractivity contribution >= 4 is 32.3 Å². The molecule has 0 bridgehead atoms. The fourth-order valence-electron chi connectivity index (χ4n) is 3.26. The van der Waals surface area contributed by atoms with Crippen LogP contribution in [-0.4, -0.2) is 0 Å². The molecule has 0 amide bonds. The van der Waals surface area contributed by atoms with E-state index in [0.29, 0.717) is 5.92 Å². The van der Waals surface area contributed by atoms with E-state index in [9.17, 15) is 0 Å². The molecular formula is C19H16. The number of hydrogen-bond acceptors (Lipinski definition) is 0. The molecule has 0 heterocycles. The van der Waals surface area contributed by atoms with Crippen LogP contribution in [0.2, 0.25) is 0 Å². The van der Waals surface area contributed by atoms with Crippen LogP contribution in [0.3, 0.4) is 0 Å². The van der Waals surface area contributed by atoms with Crippen molar-refractivity contribution in [2.45, 2.75) is 19.8 Å². The highest BCUT2D eigenvalue weighted by Gasteiger charge is 2.11. The van der Waals surface area contributed by atoms with Gasteiger partial charge < -0.3 is 0 Å². The highest BCUT2D eigenvalue weighted by atomic mass is 14.1. The molecule has 0 fully saturated rings. The lowest BCUT2D eigenvalue weighted by Gasteiger charge is -2.15. The Hall–Kier alpha value is -2.08. The van der Waals surface area contributed by atoms with Crippen molar-refractivity contribution < 1.29 is 0 Å². The summed E-state index contributed by atoms with van der Waals surface area (Å²) in [5, 5.41) is 8.30. The van der Waals surface area contributed by atoms with Crippen molar-refractivity contribution in [1.82, 2.24) is 0 Å². The lowest BCUT2D eigenvalue weighted by atomic mass is 9.89. The average Bonchev–Trinajstić information content (AvgIpc) is 2.44. The maximum absolute atomic E-state index is 2.29. The first-order valence-electron chi connectivity index (χ1n) is 6.92. The average molecular weight is 244 g/mol. The zero-order valence-corrected chi connectivity index (χ0v) is 11.3. The van der Waals surface area contributed by atoms with Crippen molar-refractivity contribution in [1.29, 1.82) is 0 Å². The van der Waals surface area contributed by atoms with Crippen LogP contribution in [-0.2, 0) is 0 Å². The van der Waals surface area contributed by atoms with Gasteiger partial charge in [-0.2, -0.15) is 0 Å². The van der Waals surface area contributed by atoms with E-state index < -0.39 is 0 Å². The molecule has 0 unspecified atom stereocenters. The zero-order valence-electron chi connectivity index (χ0n) is 11.3. The molecule has 19 heavy (non-hydrogen) atoms. The molecular weight excluding hydrogens is 228 g/mol. The van der Waals surface area contributed by atoms with Crippen LogP contribution in [0, 0.1) is 0 Å². The van der Waals surface area contributed by atoms with Crippen LogP contribution >= 0.6 is 0 Å². The highest BCUT2D eigenvalue weighted by molar-refractivity contribution is 6.23. The Morgan fingerprint density at radius 3 is 1.89 bits per heavy atom. The van der Waals surface area contributed by atoms with Crippen molar-refractivity contribution in [3.8, 4) is 0 Å². The van der Waals surface area contributed by atoms with Crippen molar-refractivity contribution in [2.75, 3.05) is 0 Å². The van der Waals surface area contributed by atoms with E-state index in [4.69, 9.17) is 0 Å². The van der Waals surface area contributed by atoms with Gasteiger partial charge in [0, 0.05) is 0 Å². The molecule has 0 heteroatoms. The Bertz CT molecular complexity index is 868. The predicted molar refractivity (Wildman–Crippen MR) is 84.2 cm³/mol. The van der Waals surface area contributed by atoms with E-state index in [1.807, 2.05) is 0 Å². The van der Waals surface area contributed by atoms with Gasteiger partial charge in [-0.15, -0.1) is 0 Å². The molecule has 0 saturated carbocycles. The maximum Gasteiger partial charge on any atom is -0.00239 e. The van der Waals surface area contributed by atoms with Gasteiger partial charge in [0.15, 0.2) is 0 Å². The van der Waals surface area contributed by atoms with E-state index in [-0.39, 0.29) is 0 Å². The van der Waals surface area contributed by atoms with Crippen LogP contribution in [0.5, 0.6) is 0 Å². The van der Waals surface area contributed by atoms with Crippen LogP contribution in [0.15, 0.2) is 54.6 Å². The maximum atomic E-state index is 2.29. The lowest BCUT2D eigenvalue weighted by molar-refractivity contribution is 0.877. The normalized spacial score (nSPS) is 12.2. The predicted octanol–water partition coefficient (Wildman–Crippen LogP) is 5.71.